The third-order valence-corrected chi connectivity index (χ3v) is 5.59. The Hall–Kier alpha value is -2.44. The molecule has 0 radical (unpaired) electrons. The predicted octanol–water partition coefficient (Wildman–Crippen LogP) is 4.49. The first kappa shape index (κ1) is 16.1. The van der Waals surface area contributed by atoms with Gasteiger partial charge >= 0.3 is 0 Å². The molecule has 0 amide bonds. The zero-order valence-corrected chi connectivity index (χ0v) is 15.5. The lowest BCUT2D eigenvalue weighted by atomic mass is 10.2. The quantitative estimate of drug-likeness (QED) is 0.387. The van der Waals surface area contributed by atoms with Gasteiger partial charge in [-0.25, -0.2) is 9.97 Å². The van der Waals surface area contributed by atoms with Crippen LogP contribution >= 0.6 is 24.0 Å². The van der Waals surface area contributed by atoms with E-state index in [0.717, 1.165) is 31.6 Å². The number of thiocarbonyl (C=S) groups is 1. The smallest absolute Gasteiger partial charge is 0.236 e. The predicted molar refractivity (Wildman–Crippen MR) is 108 cm³/mol. The van der Waals surface area contributed by atoms with E-state index in [1.54, 1.807) is 11.8 Å². The maximum atomic E-state index is 5.54. The Labute approximate surface area is 155 Å². The van der Waals surface area contributed by atoms with Gasteiger partial charge in [-0.05, 0) is 23.9 Å². The van der Waals surface area contributed by atoms with Crippen molar-refractivity contribution >= 4 is 45.1 Å². The maximum absolute atomic E-state index is 5.54. The number of rotatable bonds is 2. The molecule has 4 aromatic rings. The lowest BCUT2D eigenvalue weighted by Crippen LogP contribution is -2.16. The summed E-state index contributed by atoms with van der Waals surface area (Å²) in [5.74, 6) is 0.698. The number of thioether (sulfide) groups is 1. The van der Waals surface area contributed by atoms with Crippen LogP contribution in [-0.2, 0) is 0 Å². The molecule has 0 aliphatic rings. The Balaban J connectivity index is 2.02. The van der Waals surface area contributed by atoms with Gasteiger partial charge in [0.25, 0.3) is 0 Å². The van der Waals surface area contributed by atoms with Crippen molar-refractivity contribution in [1.82, 2.24) is 19.3 Å². The van der Waals surface area contributed by atoms with Crippen molar-refractivity contribution in [3.63, 3.8) is 0 Å². The maximum Gasteiger partial charge on any atom is 0.236 e. The van der Waals surface area contributed by atoms with Gasteiger partial charge in [-0.2, -0.15) is 0 Å². The number of hydrogen-bond donors (Lipinski definition) is 0. The van der Waals surface area contributed by atoms with E-state index in [-0.39, 0.29) is 0 Å². The van der Waals surface area contributed by atoms with E-state index in [1.165, 1.54) is 0 Å². The Kier molecular flexibility index (Phi) is 4.15. The number of aromatic nitrogens is 3. The van der Waals surface area contributed by atoms with Gasteiger partial charge in [-0.1, -0.05) is 60.7 Å². The van der Waals surface area contributed by atoms with Crippen molar-refractivity contribution in [2.24, 2.45) is 0 Å². The molecule has 0 aliphatic carbocycles. The van der Waals surface area contributed by atoms with Crippen molar-refractivity contribution in [2.75, 3.05) is 14.1 Å². The number of hydrogen-bond acceptors (Lipinski definition) is 4. The molecular formula is C19H16N4S2. The average Bonchev–Trinajstić information content (AvgIpc) is 3.03. The minimum atomic E-state index is 0.698. The molecular weight excluding hydrogens is 348 g/mol. The summed E-state index contributed by atoms with van der Waals surface area (Å²) >= 11 is 7.09. The molecule has 2 heterocycles. The fourth-order valence-electron chi connectivity index (χ4n) is 2.66. The van der Waals surface area contributed by atoms with Gasteiger partial charge in [0.2, 0.25) is 5.78 Å². The van der Waals surface area contributed by atoms with E-state index in [4.69, 9.17) is 22.2 Å². The van der Waals surface area contributed by atoms with Crippen molar-refractivity contribution in [3.8, 4) is 11.3 Å². The second kappa shape index (κ2) is 6.46. The van der Waals surface area contributed by atoms with E-state index in [0.29, 0.717) is 5.78 Å². The molecule has 4 nitrogen and oxygen atoms in total. The van der Waals surface area contributed by atoms with Gasteiger partial charge < -0.3 is 4.90 Å². The molecule has 25 heavy (non-hydrogen) atoms. The average molecular weight is 364 g/mol. The Bertz CT molecular complexity index is 1070. The first-order valence-corrected chi connectivity index (χ1v) is 9.09. The molecule has 124 valence electrons. The second-order valence-electron chi connectivity index (χ2n) is 5.82. The summed E-state index contributed by atoms with van der Waals surface area (Å²) in [6.07, 6.45) is 0. The van der Waals surface area contributed by atoms with E-state index in [9.17, 15) is 0 Å². The fourth-order valence-corrected chi connectivity index (χ4v) is 3.77. The third-order valence-electron chi connectivity index (χ3n) is 3.87. The molecule has 4 rings (SSSR count). The summed E-state index contributed by atoms with van der Waals surface area (Å²) in [5, 5.41) is 0.994. The van der Waals surface area contributed by atoms with Crippen molar-refractivity contribution in [3.05, 3.63) is 60.7 Å². The molecule has 2 aromatic heterocycles. The Morgan fingerprint density at radius 2 is 1.64 bits per heavy atom. The highest BCUT2D eigenvalue weighted by Crippen LogP contribution is 2.35. The third kappa shape index (κ3) is 2.88. The Morgan fingerprint density at radius 3 is 2.36 bits per heavy atom. The van der Waals surface area contributed by atoms with Crippen LogP contribution in [0.25, 0.3) is 28.1 Å². The van der Waals surface area contributed by atoms with Crippen LogP contribution < -0.4 is 0 Å². The number of fused-ring (bicyclic) bond motifs is 3. The van der Waals surface area contributed by atoms with Gasteiger partial charge in [0, 0.05) is 19.7 Å². The summed E-state index contributed by atoms with van der Waals surface area (Å²) in [6, 6.07) is 20.2. The van der Waals surface area contributed by atoms with E-state index >= 15 is 0 Å². The molecule has 0 N–H and O–H groups in total. The van der Waals surface area contributed by atoms with Gasteiger partial charge in [-0.3, -0.25) is 4.40 Å². The number of benzene rings is 1. The summed E-state index contributed by atoms with van der Waals surface area (Å²) in [5.41, 5.74) is 3.92. The highest BCUT2D eigenvalue weighted by molar-refractivity contribution is 8.23. The second-order valence-corrected chi connectivity index (χ2v) is 7.45. The molecule has 2 aromatic carbocycles. The zero-order chi connectivity index (χ0) is 17.4. The van der Waals surface area contributed by atoms with Crippen LogP contribution in [0.3, 0.4) is 0 Å². The molecule has 0 fully saturated rings. The molecule has 0 saturated heterocycles. The van der Waals surface area contributed by atoms with Crippen LogP contribution in [0.15, 0.2) is 65.7 Å². The van der Waals surface area contributed by atoms with Crippen LogP contribution in [0.5, 0.6) is 0 Å². The van der Waals surface area contributed by atoms with E-state index < -0.39 is 0 Å². The molecule has 0 atom stereocenters. The summed E-state index contributed by atoms with van der Waals surface area (Å²) in [4.78, 5) is 11.4. The van der Waals surface area contributed by atoms with Crippen molar-refractivity contribution in [1.29, 1.82) is 0 Å². The first-order valence-electron chi connectivity index (χ1n) is 7.87. The normalized spacial score (nSPS) is 11.1. The first-order chi connectivity index (χ1) is 12.1. The molecule has 6 heteroatoms. The lowest BCUT2D eigenvalue weighted by Gasteiger charge is -2.13. The van der Waals surface area contributed by atoms with E-state index in [2.05, 4.69) is 22.6 Å². The monoisotopic (exact) mass is 364 g/mol. The fraction of sp³-hybridized carbons (Fsp3) is 0.105. The summed E-state index contributed by atoms with van der Waals surface area (Å²) in [7, 11) is 3.91. The molecule has 0 spiro atoms. The van der Waals surface area contributed by atoms with Crippen LogP contribution in [0.2, 0.25) is 0 Å². The van der Waals surface area contributed by atoms with E-state index in [1.807, 2.05) is 61.5 Å². The number of nitrogens with zero attached hydrogens (tertiary/aromatic N) is 4. The highest BCUT2D eigenvalue weighted by Gasteiger charge is 2.20. The van der Waals surface area contributed by atoms with Gasteiger partial charge in [-0.15, -0.1) is 0 Å². The summed E-state index contributed by atoms with van der Waals surface area (Å²) < 4.78 is 2.88. The van der Waals surface area contributed by atoms with Crippen molar-refractivity contribution in [2.45, 2.75) is 5.03 Å². The SMILES string of the molecule is CN(C)C(=S)Sc1c(-c2ccccc2)nc2nc3cccccc3n12. The van der Waals surface area contributed by atoms with Crippen LogP contribution in [-0.4, -0.2) is 37.7 Å². The topological polar surface area (TPSA) is 33.4 Å². The molecule has 0 unspecified atom stereocenters. The van der Waals surface area contributed by atoms with Crippen molar-refractivity contribution < 1.29 is 0 Å². The van der Waals surface area contributed by atoms with Gasteiger partial charge in [0.15, 0.2) is 0 Å². The van der Waals surface area contributed by atoms with Crippen LogP contribution in [0.4, 0.5) is 0 Å². The Morgan fingerprint density at radius 1 is 0.960 bits per heavy atom. The minimum Gasteiger partial charge on any atom is -0.363 e. The summed E-state index contributed by atoms with van der Waals surface area (Å²) in [6.45, 7) is 0. The lowest BCUT2D eigenvalue weighted by molar-refractivity contribution is 0.648. The molecule has 0 aliphatic heterocycles. The van der Waals surface area contributed by atoms with Gasteiger partial charge in [0.05, 0.1) is 11.0 Å². The standard InChI is InChI=1S/C19H16N4S2/c1-22(2)19(24)25-17-16(13-9-5-3-6-10-13)21-18-20-14-11-7-4-8-12-15(14)23(17)18/h3-12H,1-2H3. The zero-order valence-electron chi connectivity index (χ0n) is 13.9. The minimum absolute atomic E-state index is 0.698. The van der Waals surface area contributed by atoms with Gasteiger partial charge in [0.1, 0.15) is 15.0 Å². The molecule has 0 bridgehead atoms. The van der Waals surface area contributed by atoms with Crippen LogP contribution in [0.1, 0.15) is 0 Å². The largest absolute Gasteiger partial charge is 0.363 e. The molecule has 0 saturated carbocycles. The van der Waals surface area contributed by atoms with Crippen LogP contribution in [0, 0.1) is 0 Å². The highest BCUT2D eigenvalue weighted by atomic mass is 32.2. The number of imidazole rings is 2.